The number of phenolic OH excluding ortho intramolecular Hbond substituents is 1. The maximum Gasteiger partial charge on any atom is 0.408 e. The third-order valence-electron chi connectivity index (χ3n) is 6.54. The quantitative estimate of drug-likeness (QED) is 0.260. The van der Waals surface area contributed by atoms with Gasteiger partial charge in [0.05, 0.1) is 7.11 Å². The molecule has 0 aromatic heterocycles. The van der Waals surface area contributed by atoms with Gasteiger partial charge in [-0.05, 0) is 75.1 Å². The van der Waals surface area contributed by atoms with Crippen molar-refractivity contribution in [3.05, 3.63) is 54.1 Å². The summed E-state index contributed by atoms with van der Waals surface area (Å²) in [7, 11) is 1.56. The van der Waals surface area contributed by atoms with Gasteiger partial charge in [0.1, 0.15) is 29.2 Å². The van der Waals surface area contributed by atoms with Crippen LogP contribution in [0.1, 0.15) is 78.8 Å². The number of carbonyl (C=O) groups is 3. The summed E-state index contributed by atoms with van der Waals surface area (Å²) in [5, 5.41) is 15.9. The molecule has 0 radical (unpaired) electrons. The number of rotatable bonds is 13. The summed E-state index contributed by atoms with van der Waals surface area (Å²) in [4.78, 5) is 42.4. The number of anilines is 1. The summed E-state index contributed by atoms with van der Waals surface area (Å²) < 4.78 is 10.7. The fourth-order valence-electron chi connectivity index (χ4n) is 4.25. The van der Waals surface area contributed by atoms with E-state index >= 15 is 0 Å². The van der Waals surface area contributed by atoms with E-state index in [1.165, 1.54) is 17.0 Å². The highest BCUT2D eigenvalue weighted by atomic mass is 16.6. The number of hydrogen-bond donors (Lipinski definition) is 3. The van der Waals surface area contributed by atoms with Gasteiger partial charge in [0.15, 0.2) is 0 Å². The molecule has 3 N–H and O–H groups in total. The molecule has 0 spiro atoms. The minimum Gasteiger partial charge on any atom is -0.508 e. The molecule has 2 aromatic carbocycles. The smallest absolute Gasteiger partial charge is 0.408 e. The van der Waals surface area contributed by atoms with Crippen molar-refractivity contribution in [1.82, 2.24) is 10.2 Å². The molecule has 0 aliphatic carbocycles. The Hall–Kier alpha value is -3.75. The molecule has 2 rings (SSSR count). The molecule has 220 valence electrons. The van der Waals surface area contributed by atoms with E-state index in [9.17, 15) is 19.5 Å². The fraction of sp³-hybridized carbons (Fsp3) is 0.516. The maximum atomic E-state index is 14.3. The van der Waals surface area contributed by atoms with E-state index in [1.807, 2.05) is 13.8 Å². The molecule has 0 aliphatic rings. The second-order valence-electron chi connectivity index (χ2n) is 11.0. The lowest BCUT2D eigenvalue weighted by Crippen LogP contribution is -2.55. The molecular formula is C31H45N3O6. The van der Waals surface area contributed by atoms with Gasteiger partial charge in [0.25, 0.3) is 5.91 Å². The van der Waals surface area contributed by atoms with E-state index in [0.29, 0.717) is 29.8 Å². The van der Waals surface area contributed by atoms with Gasteiger partial charge in [-0.2, -0.15) is 0 Å². The molecular weight excluding hydrogens is 510 g/mol. The molecule has 0 heterocycles. The van der Waals surface area contributed by atoms with Crippen molar-refractivity contribution < 1.29 is 29.0 Å². The Balaban J connectivity index is 2.54. The van der Waals surface area contributed by atoms with E-state index in [4.69, 9.17) is 9.47 Å². The van der Waals surface area contributed by atoms with Gasteiger partial charge in [0.2, 0.25) is 5.91 Å². The Labute approximate surface area is 238 Å². The van der Waals surface area contributed by atoms with E-state index in [-0.39, 0.29) is 18.2 Å². The van der Waals surface area contributed by atoms with E-state index in [1.54, 1.807) is 64.3 Å². The van der Waals surface area contributed by atoms with Crippen LogP contribution in [0.15, 0.2) is 48.5 Å². The van der Waals surface area contributed by atoms with Gasteiger partial charge >= 0.3 is 6.09 Å². The molecule has 2 aromatic rings. The van der Waals surface area contributed by atoms with E-state index in [0.717, 1.165) is 12.8 Å². The number of hydrogen-bond acceptors (Lipinski definition) is 6. The number of nitrogens with one attached hydrogen (secondary N) is 2. The molecule has 0 bridgehead atoms. The number of ether oxygens (including phenoxy) is 2. The van der Waals surface area contributed by atoms with Crippen LogP contribution in [-0.4, -0.2) is 53.2 Å². The largest absolute Gasteiger partial charge is 0.508 e. The van der Waals surface area contributed by atoms with Gasteiger partial charge < -0.3 is 30.1 Å². The van der Waals surface area contributed by atoms with Crippen LogP contribution >= 0.6 is 0 Å². The van der Waals surface area contributed by atoms with Gasteiger partial charge in [-0.1, -0.05) is 52.2 Å². The molecule has 0 fully saturated rings. The first-order chi connectivity index (χ1) is 18.9. The Kier molecular flexibility index (Phi) is 12.3. The minimum absolute atomic E-state index is 0.0222. The second kappa shape index (κ2) is 15.1. The fourth-order valence-corrected chi connectivity index (χ4v) is 4.25. The Morgan fingerprint density at radius 2 is 1.70 bits per heavy atom. The molecule has 9 nitrogen and oxygen atoms in total. The number of methoxy groups -OCH3 is 1. The number of benzene rings is 2. The zero-order chi connectivity index (χ0) is 29.9. The molecule has 0 saturated heterocycles. The van der Waals surface area contributed by atoms with Gasteiger partial charge in [0, 0.05) is 12.2 Å². The summed E-state index contributed by atoms with van der Waals surface area (Å²) in [6.45, 7) is 11.4. The molecule has 0 saturated carbocycles. The number of amides is 3. The van der Waals surface area contributed by atoms with Crippen LogP contribution in [0.5, 0.6) is 11.5 Å². The van der Waals surface area contributed by atoms with Crippen molar-refractivity contribution in [2.75, 3.05) is 19.0 Å². The second-order valence-corrected chi connectivity index (χ2v) is 11.0. The summed E-state index contributed by atoms with van der Waals surface area (Å²) in [5.74, 6) is -0.451. The number of alkyl carbamates (subject to hydrolysis) is 1. The monoisotopic (exact) mass is 555 g/mol. The lowest BCUT2D eigenvalue weighted by Gasteiger charge is -2.36. The predicted molar refractivity (Wildman–Crippen MR) is 156 cm³/mol. The Bertz CT molecular complexity index is 1110. The summed E-state index contributed by atoms with van der Waals surface area (Å²) >= 11 is 0. The maximum absolute atomic E-state index is 14.3. The van der Waals surface area contributed by atoms with Crippen molar-refractivity contribution in [3.8, 4) is 11.5 Å². The Morgan fingerprint density at radius 3 is 2.25 bits per heavy atom. The SMILES string of the molecule is CCCCCN(C(=O)C(NC(=O)OC(C)(C)C)C(C)CC)C(C(=O)Nc1ccc(OC)cc1)c1cccc(O)c1. The van der Waals surface area contributed by atoms with Crippen LogP contribution in [0.2, 0.25) is 0 Å². The molecule has 0 aliphatic heterocycles. The van der Waals surface area contributed by atoms with Crippen LogP contribution in [0.4, 0.5) is 10.5 Å². The topological polar surface area (TPSA) is 117 Å². The van der Waals surface area contributed by atoms with Crippen LogP contribution in [0.3, 0.4) is 0 Å². The zero-order valence-electron chi connectivity index (χ0n) is 24.8. The van der Waals surface area contributed by atoms with Crippen LogP contribution in [-0.2, 0) is 14.3 Å². The van der Waals surface area contributed by atoms with Gasteiger partial charge in [-0.3, -0.25) is 9.59 Å². The third-order valence-corrected chi connectivity index (χ3v) is 6.54. The average molecular weight is 556 g/mol. The highest BCUT2D eigenvalue weighted by Crippen LogP contribution is 2.29. The van der Waals surface area contributed by atoms with Crippen molar-refractivity contribution in [1.29, 1.82) is 0 Å². The highest BCUT2D eigenvalue weighted by Gasteiger charge is 2.38. The van der Waals surface area contributed by atoms with Crippen LogP contribution in [0, 0.1) is 5.92 Å². The lowest BCUT2D eigenvalue weighted by atomic mass is 9.95. The standard InChI is InChI=1S/C31H45N3O6/c1-8-10-11-19-34(29(37)26(21(3)9-2)33-30(38)40-31(4,5)6)27(22-13-12-14-24(35)20-22)28(36)32-23-15-17-25(39-7)18-16-23/h12-18,20-21,26-27,35H,8-11,19H2,1-7H3,(H,32,36)(H,33,38). The van der Waals surface area contributed by atoms with E-state index in [2.05, 4.69) is 17.6 Å². The molecule has 3 unspecified atom stereocenters. The van der Waals surface area contributed by atoms with Gasteiger partial charge in [-0.15, -0.1) is 0 Å². The summed E-state index contributed by atoms with van der Waals surface area (Å²) in [6.07, 6.45) is 2.35. The number of unbranched alkanes of at least 4 members (excludes halogenated alkanes) is 2. The van der Waals surface area contributed by atoms with Crippen molar-refractivity contribution in [3.63, 3.8) is 0 Å². The van der Waals surface area contributed by atoms with Gasteiger partial charge in [-0.25, -0.2) is 4.79 Å². The Morgan fingerprint density at radius 1 is 1.02 bits per heavy atom. The molecule has 40 heavy (non-hydrogen) atoms. The van der Waals surface area contributed by atoms with Crippen LogP contribution < -0.4 is 15.4 Å². The first-order valence-electron chi connectivity index (χ1n) is 13.9. The molecule has 3 atom stereocenters. The number of nitrogens with zero attached hydrogens (tertiary/aromatic N) is 1. The number of aromatic hydroxyl groups is 1. The first kappa shape index (κ1) is 32.5. The first-order valence-corrected chi connectivity index (χ1v) is 13.9. The van der Waals surface area contributed by atoms with Crippen molar-refractivity contribution in [2.45, 2.75) is 84.9 Å². The molecule has 3 amide bonds. The highest BCUT2D eigenvalue weighted by molar-refractivity contribution is 5.99. The molecule has 9 heteroatoms. The summed E-state index contributed by atoms with van der Waals surface area (Å²) in [6, 6.07) is 11.2. The predicted octanol–water partition coefficient (Wildman–Crippen LogP) is 6.04. The van der Waals surface area contributed by atoms with Crippen molar-refractivity contribution >= 4 is 23.6 Å². The van der Waals surface area contributed by atoms with Crippen molar-refractivity contribution in [2.24, 2.45) is 5.92 Å². The average Bonchev–Trinajstić information content (AvgIpc) is 2.90. The number of phenols is 1. The third kappa shape index (κ3) is 9.77. The number of carbonyl (C=O) groups excluding carboxylic acids is 3. The van der Waals surface area contributed by atoms with E-state index < -0.39 is 35.6 Å². The lowest BCUT2D eigenvalue weighted by molar-refractivity contribution is -0.142. The normalized spacial score (nSPS) is 13.5. The zero-order valence-corrected chi connectivity index (χ0v) is 24.8. The summed E-state index contributed by atoms with van der Waals surface area (Å²) in [5.41, 5.74) is 0.245. The van der Waals surface area contributed by atoms with Crippen LogP contribution in [0.25, 0.3) is 0 Å². The minimum atomic E-state index is -1.06.